The van der Waals surface area contributed by atoms with Crippen LogP contribution in [0.25, 0.3) is 6.08 Å². The van der Waals surface area contributed by atoms with Gasteiger partial charge in [0.25, 0.3) is 0 Å². The normalized spacial score (nSPS) is 33.1. The molecule has 0 bridgehead atoms. The molecule has 11 nitrogen and oxygen atoms in total. The van der Waals surface area contributed by atoms with Crippen LogP contribution in [0.5, 0.6) is 11.5 Å². The molecule has 46 heavy (non-hydrogen) atoms. The van der Waals surface area contributed by atoms with Crippen LogP contribution in [0.1, 0.15) is 19.4 Å². The van der Waals surface area contributed by atoms with Gasteiger partial charge in [-0.3, -0.25) is 4.79 Å². The van der Waals surface area contributed by atoms with Gasteiger partial charge in [0.15, 0.2) is 17.7 Å². The summed E-state index contributed by atoms with van der Waals surface area (Å²) in [6, 6.07) is 5.98. The van der Waals surface area contributed by atoms with E-state index in [2.05, 4.69) is 5.32 Å². The quantitative estimate of drug-likeness (QED) is 0.198. The molecule has 0 radical (unpaired) electrons. The van der Waals surface area contributed by atoms with Crippen LogP contribution in [0, 0.1) is 11.6 Å². The maximum absolute atomic E-state index is 15.0. The lowest BCUT2D eigenvalue weighted by molar-refractivity contribution is -0.155. The predicted octanol–water partition coefficient (Wildman–Crippen LogP) is 2.17. The van der Waals surface area contributed by atoms with E-state index in [1.165, 1.54) is 43.3 Å². The third-order valence-corrected chi connectivity index (χ3v) is 8.32. The number of fused-ring (bicyclic) bond motifs is 1. The lowest BCUT2D eigenvalue weighted by atomic mass is 9.83. The van der Waals surface area contributed by atoms with E-state index in [-0.39, 0.29) is 41.1 Å². The summed E-state index contributed by atoms with van der Waals surface area (Å²) in [5.41, 5.74) is 0.691. The molecule has 250 valence electrons. The van der Waals surface area contributed by atoms with Crippen molar-refractivity contribution in [3.63, 3.8) is 0 Å². The van der Waals surface area contributed by atoms with E-state index in [0.717, 1.165) is 12.1 Å². The lowest BCUT2D eigenvalue weighted by Gasteiger charge is -2.41. The van der Waals surface area contributed by atoms with E-state index >= 15 is 0 Å². The van der Waals surface area contributed by atoms with Crippen LogP contribution in [0.4, 0.5) is 13.2 Å². The van der Waals surface area contributed by atoms with Crippen LogP contribution in [0.15, 0.2) is 53.6 Å². The number of hydrogen-bond acceptors (Lipinski definition) is 10. The number of benzene rings is 2. The molecule has 2 aliphatic heterocycles. The SMILES string of the molecule is C/C(=C/COc1cc(F)ccc1Cl)[C@H]1O[C@@H](Oc2ccc(/C=C(\C)C(=O)N[C@@H]3[C@H](O)[C@@H](O)[C@H]4OCO[C@H]4[C@@H]3O)cc2F)[C@@H](F)[C@@H]1O. The summed E-state index contributed by atoms with van der Waals surface area (Å²) >= 11 is 5.98. The maximum atomic E-state index is 15.0. The molecule has 1 aliphatic carbocycles. The van der Waals surface area contributed by atoms with E-state index in [9.17, 15) is 38.4 Å². The van der Waals surface area contributed by atoms with Crippen molar-refractivity contribution in [2.24, 2.45) is 0 Å². The number of carbonyl (C=O) groups is 1. The first-order valence-corrected chi connectivity index (χ1v) is 14.7. The van der Waals surface area contributed by atoms with Crippen molar-refractivity contribution >= 4 is 23.6 Å². The fourth-order valence-electron chi connectivity index (χ4n) is 5.43. The van der Waals surface area contributed by atoms with Crippen molar-refractivity contribution in [2.75, 3.05) is 13.4 Å². The minimum absolute atomic E-state index is 0.0764. The fourth-order valence-corrected chi connectivity index (χ4v) is 5.60. The minimum Gasteiger partial charge on any atom is -0.488 e. The first-order valence-electron chi connectivity index (χ1n) is 14.3. The molecule has 3 fully saturated rings. The highest BCUT2D eigenvalue weighted by Gasteiger charge is 2.53. The van der Waals surface area contributed by atoms with Gasteiger partial charge in [0.1, 0.15) is 67.7 Å². The van der Waals surface area contributed by atoms with Gasteiger partial charge in [-0.25, -0.2) is 13.2 Å². The molecule has 5 N–H and O–H groups in total. The van der Waals surface area contributed by atoms with Crippen molar-refractivity contribution in [1.29, 1.82) is 0 Å². The number of rotatable bonds is 9. The Balaban J connectivity index is 1.18. The summed E-state index contributed by atoms with van der Waals surface area (Å²) in [6.45, 7) is 2.72. The van der Waals surface area contributed by atoms with Gasteiger partial charge in [0.2, 0.25) is 12.2 Å². The van der Waals surface area contributed by atoms with E-state index in [0.29, 0.717) is 5.57 Å². The number of hydrogen-bond donors (Lipinski definition) is 5. The Morgan fingerprint density at radius 3 is 2.43 bits per heavy atom. The average molecular weight is 672 g/mol. The molecular weight excluding hydrogens is 639 g/mol. The van der Waals surface area contributed by atoms with Crippen LogP contribution in [-0.4, -0.2) is 101 Å². The third kappa shape index (κ3) is 7.19. The Morgan fingerprint density at radius 1 is 1.00 bits per heavy atom. The Kier molecular flexibility index (Phi) is 10.6. The zero-order valence-electron chi connectivity index (χ0n) is 24.6. The highest BCUT2D eigenvalue weighted by atomic mass is 35.5. The van der Waals surface area contributed by atoms with E-state index in [1.807, 2.05) is 0 Å². The van der Waals surface area contributed by atoms with E-state index < -0.39 is 78.8 Å². The summed E-state index contributed by atoms with van der Waals surface area (Å²) in [6.07, 6.45) is -9.82. The highest BCUT2D eigenvalue weighted by Crippen LogP contribution is 2.33. The standard InChI is InChI=1S/C31H33ClF3NO10/c1-13(7-8-42-20-11-16(33)4-5-17(20)32)27-23(37)21(35)31(46-27)45-19-6-3-15(10-18(19)34)9-14(2)30(41)36-22-24(38)26(40)29-28(25(22)39)43-12-44-29/h3-7,9-11,21-29,31,37-40H,8,12H2,1-2H3,(H,36,41)/b13-7-,14-9+/t21-,22+,23-,24-,25+,26+,27+,28-,29+,31+/m0/s1. The Labute approximate surface area is 266 Å². The molecule has 2 aromatic carbocycles. The zero-order chi connectivity index (χ0) is 33.3. The zero-order valence-corrected chi connectivity index (χ0v) is 25.3. The second-order valence-electron chi connectivity index (χ2n) is 11.2. The van der Waals surface area contributed by atoms with Gasteiger partial charge in [-0.05, 0) is 61.4 Å². The van der Waals surface area contributed by atoms with E-state index in [4.69, 9.17) is 35.3 Å². The number of alkyl halides is 1. The van der Waals surface area contributed by atoms with Crippen molar-refractivity contribution in [3.05, 3.63) is 75.8 Å². The monoisotopic (exact) mass is 671 g/mol. The largest absolute Gasteiger partial charge is 0.488 e. The highest BCUT2D eigenvalue weighted by molar-refractivity contribution is 6.32. The van der Waals surface area contributed by atoms with Crippen molar-refractivity contribution < 1.29 is 62.1 Å². The molecule has 2 heterocycles. The van der Waals surface area contributed by atoms with Crippen molar-refractivity contribution in [1.82, 2.24) is 5.32 Å². The lowest BCUT2D eigenvalue weighted by Crippen LogP contribution is -2.67. The first kappa shape index (κ1) is 34.1. The van der Waals surface area contributed by atoms with Gasteiger partial charge in [-0.1, -0.05) is 17.7 Å². The number of halogens is 4. The number of nitrogens with one attached hydrogen (secondary N) is 1. The van der Waals surface area contributed by atoms with Gasteiger partial charge in [0.05, 0.1) is 11.1 Å². The van der Waals surface area contributed by atoms with Crippen LogP contribution in [0.2, 0.25) is 5.02 Å². The average Bonchev–Trinajstić information content (AvgIpc) is 3.62. The first-order chi connectivity index (χ1) is 21.8. The summed E-state index contributed by atoms with van der Waals surface area (Å²) in [7, 11) is 0. The van der Waals surface area contributed by atoms with Crippen LogP contribution in [0.3, 0.4) is 0 Å². The van der Waals surface area contributed by atoms with Crippen molar-refractivity contribution in [2.45, 2.75) is 75.1 Å². The van der Waals surface area contributed by atoms with Gasteiger partial charge in [-0.2, -0.15) is 0 Å². The Bertz CT molecular complexity index is 1490. The molecule has 0 unspecified atom stereocenters. The van der Waals surface area contributed by atoms with Crippen LogP contribution < -0.4 is 14.8 Å². The van der Waals surface area contributed by atoms with Crippen LogP contribution in [-0.2, 0) is 19.0 Å². The number of ether oxygens (including phenoxy) is 5. The van der Waals surface area contributed by atoms with Crippen molar-refractivity contribution in [3.8, 4) is 11.5 Å². The summed E-state index contributed by atoms with van der Waals surface area (Å²) in [5.74, 6) is -2.43. The number of aliphatic hydroxyl groups excluding tert-OH is 4. The second kappa shape index (κ2) is 14.3. The molecule has 0 aromatic heterocycles. The second-order valence-corrected chi connectivity index (χ2v) is 11.6. The van der Waals surface area contributed by atoms with Gasteiger partial charge >= 0.3 is 0 Å². The molecule has 5 rings (SSSR count). The molecule has 10 atom stereocenters. The summed E-state index contributed by atoms with van der Waals surface area (Å²) in [4.78, 5) is 12.8. The number of amides is 1. The van der Waals surface area contributed by atoms with Gasteiger partial charge in [0, 0.05) is 11.6 Å². The summed E-state index contributed by atoms with van der Waals surface area (Å²) < 4.78 is 70.2. The minimum atomic E-state index is -2.03. The fraction of sp³-hybridized carbons (Fsp3) is 0.452. The Morgan fingerprint density at radius 2 is 1.72 bits per heavy atom. The predicted molar refractivity (Wildman–Crippen MR) is 155 cm³/mol. The molecule has 1 saturated carbocycles. The molecule has 15 heteroatoms. The van der Waals surface area contributed by atoms with Crippen LogP contribution >= 0.6 is 11.6 Å². The van der Waals surface area contributed by atoms with Gasteiger partial charge < -0.3 is 49.4 Å². The molecule has 1 amide bonds. The summed E-state index contributed by atoms with van der Waals surface area (Å²) in [5, 5.41) is 44.3. The number of carbonyl (C=O) groups excluding carboxylic acids is 1. The molecule has 3 aliphatic rings. The Hall–Kier alpha value is -3.21. The maximum Gasteiger partial charge on any atom is 0.247 e. The molecule has 0 spiro atoms. The third-order valence-electron chi connectivity index (χ3n) is 8.01. The smallest absolute Gasteiger partial charge is 0.247 e. The molecular formula is C31H33ClF3NO10. The molecule has 2 aromatic rings. The molecule has 2 saturated heterocycles. The van der Waals surface area contributed by atoms with Gasteiger partial charge in [-0.15, -0.1) is 0 Å². The van der Waals surface area contributed by atoms with E-state index in [1.54, 1.807) is 6.92 Å². The number of aliphatic hydroxyl groups is 4. The topological polar surface area (TPSA) is 156 Å².